The second-order valence-electron chi connectivity index (χ2n) is 2.25. The monoisotopic (exact) mass is 172 g/mol. The molecule has 1 rings (SSSR count). The van der Waals surface area contributed by atoms with Crippen molar-refractivity contribution in [2.45, 2.75) is 0 Å². The Morgan fingerprint density at radius 3 is 3.08 bits per heavy atom. The van der Waals surface area contributed by atoms with Crippen molar-refractivity contribution in [3.05, 3.63) is 12.0 Å². The van der Waals surface area contributed by atoms with E-state index in [0.717, 1.165) is 0 Å². The summed E-state index contributed by atoms with van der Waals surface area (Å²) in [4.78, 5) is 11.1. The largest absolute Gasteiger partial charge is 0.494 e. The third kappa shape index (κ3) is 2.43. The van der Waals surface area contributed by atoms with Crippen LogP contribution in [0.15, 0.2) is 12.0 Å². The summed E-state index contributed by atoms with van der Waals surface area (Å²) in [5.41, 5.74) is 5.20. The summed E-state index contributed by atoms with van der Waals surface area (Å²) in [5.74, 6) is -0.0603. The lowest BCUT2D eigenvalue weighted by molar-refractivity contribution is -0.122. The third-order valence-corrected chi connectivity index (χ3v) is 1.30. The van der Waals surface area contributed by atoms with Gasteiger partial charge in [-0.2, -0.15) is 0 Å². The highest BCUT2D eigenvalue weighted by atomic mass is 16.6. The van der Waals surface area contributed by atoms with Gasteiger partial charge in [-0.3, -0.25) is 4.79 Å². The second kappa shape index (κ2) is 4.61. The van der Waals surface area contributed by atoms with Crippen LogP contribution in [0.4, 0.5) is 0 Å². The molecule has 0 aromatic carbocycles. The van der Waals surface area contributed by atoms with Gasteiger partial charge in [0, 0.05) is 13.1 Å². The summed E-state index contributed by atoms with van der Waals surface area (Å²) >= 11 is 0. The molecule has 5 nitrogen and oxygen atoms in total. The molecule has 1 heterocycles. The highest BCUT2D eigenvalue weighted by Gasteiger charge is 2.13. The molecular formula is C7H12N2O3. The molecule has 0 bridgehead atoms. The molecule has 0 saturated carbocycles. The number of amides is 1. The van der Waals surface area contributed by atoms with Gasteiger partial charge in [0.15, 0.2) is 0 Å². The number of carbonyl (C=O) groups excluding carboxylic acids is 1. The fourth-order valence-corrected chi connectivity index (χ4v) is 0.760. The predicted octanol–water partition coefficient (Wildman–Crippen LogP) is -1.05. The molecule has 1 amide bonds. The van der Waals surface area contributed by atoms with Crippen LogP contribution in [-0.4, -0.2) is 32.2 Å². The third-order valence-electron chi connectivity index (χ3n) is 1.30. The Bertz CT molecular complexity index is 191. The van der Waals surface area contributed by atoms with Crippen LogP contribution in [0, 0.1) is 0 Å². The lowest BCUT2D eigenvalue weighted by Crippen LogP contribution is -2.32. The number of nitrogens with one attached hydrogen (secondary N) is 1. The maximum absolute atomic E-state index is 11.1. The molecule has 0 saturated heterocycles. The predicted molar refractivity (Wildman–Crippen MR) is 42.1 cm³/mol. The van der Waals surface area contributed by atoms with Gasteiger partial charge < -0.3 is 20.5 Å². The first kappa shape index (κ1) is 8.86. The van der Waals surface area contributed by atoms with E-state index in [1.807, 2.05) is 0 Å². The van der Waals surface area contributed by atoms with E-state index in [2.05, 4.69) is 5.32 Å². The van der Waals surface area contributed by atoms with Gasteiger partial charge in [-0.15, -0.1) is 0 Å². The Labute approximate surface area is 70.5 Å². The lowest BCUT2D eigenvalue weighted by Gasteiger charge is -2.14. The Balaban J connectivity index is 2.35. The van der Waals surface area contributed by atoms with E-state index in [-0.39, 0.29) is 11.7 Å². The zero-order valence-corrected chi connectivity index (χ0v) is 6.71. The molecule has 0 unspecified atom stereocenters. The van der Waals surface area contributed by atoms with Crippen LogP contribution in [0.25, 0.3) is 0 Å². The molecule has 0 aromatic heterocycles. The van der Waals surface area contributed by atoms with Crippen molar-refractivity contribution in [3.63, 3.8) is 0 Å². The van der Waals surface area contributed by atoms with Crippen LogP contribution < -0.4 is 11.1 Å². The summed E-state index contributed by atoms with van der Waals surface area (Å²) < 4.78 is 9.92. The smallest absolute Gasteiger partial charge is 0.289 e. The molecule has 0 radical (unpaired) electrons. The van der Waals surface area contributed by atoms with E-state index in [1.165, 1.54) is 6.26 Å². The minimum Gasteiger partial charge on any atom is -0.494 e. The Hall–Kier alpha value is -1.23. The topological polar surface area (TPSA) is 73.6 Å². The van der Waals surface area contributed by atoms with Gasteiger partial charge in [-0.1, -0.05) is 0 Å². The van der Waals surface area contributed by atoms with Crippen molar-refractivity contribution in [3.8, 4) is 0 Å². The van der Waals surface area contributed by atoms with E-state index < -0.39 is 0 Å². The minimum atomic E-state index is -0.278. The summed E-state index contributed by atoms with van der Waals surface area (Å²) in [7, 11) is 0. The molecule has 5 heteroatoms. The maximum Gasteiger partial charge on any atom is 0.289 e. The van der Waals surface area contributed by atoms with Crippen LogP contribution in [0.2, 0.25) is 0 Å². The van der Waals surface area contributed by atoms with Gasteiger partial charge in [-0.05, 0) is 0 Å². The van der Waals surface area contributed by atoms with Crippen molar-refractivity contribution in [1.82, 2.24) is 5.32 Å². The van der Waals surface area contributed by atoms with Gasteiger partial charge in [0.25, 0.3) is 5.91 Å². The maximum atomic E-state index is 11.1. The number of carbonyl (C=O) groups is 1. The molecule has 0 fully saturated rings. The Morgan fingerprint density at radius 1 is 1.67 bits per heavy atom. The zero-order chi connectivity index (χ0) is 8.81. The standard InChI is InChI=1S/C7H12N2O3/c8-1-2-9-7(10)6-5-11-3-4-12-6/h5H,1-4,8H2,(H,9,10). The van der Waals surface area contributed by atoms with Crippen molar-refractivity contribution < 1.29 is 14.3 Å². The van der Waals surface area contributed by atoms with E-state index in [1.54, 1.807) is 0 Å². The lowest BCUT2D eigenvalue weighted by atomic mass is 10.4. The van der Waals surface area contributed by atoms with Crippen molar-refractivity contribution >= 4 is 5.91 Å². The summed E-state index contributed by atoms with van der Waals surface area (Å²) in [5, 5.41) is 2.56. The zero-order valence-electron chi connectivity index (χ0n) is 6.71. The summed E-state index contributed by atoms with van der Waals surface area (Å²) in [6, 6.07) is 0. The van der Waals surface area contributed by atoms with Crippen molar-refractivity contribution in [2.75, 3.05) is 26.3 Å². The first-order chi connectivity index (χ1) is 5.84. The fourth-order valence-electron chi connectivity index (χ4n) is 0.760. The van der Waals surface area contributed by atoms with Crippen molar-refractivity contribution in [2.24, 2.45) is 5.73 Å². The Morgan fingerprint density at radius 2 is 2.50 bits per heavy atom. The highest BCUT2D eigenvalue weighted by molar-refractivity contribution is 5.91. The first-order valence-corrected chi connectivity index (χ1v) is 3.77. The number of rotatable bonds is 3. The van der Waals surface area contributed by atoms with Crippen LogP contribution >= 0.6 is 0 Å². The number of hydrogen-bond donors (Lipinski definition) is 2. The minimum absolute atomic E-state index is 0.217. The van der Waals surface area contributed by atoms with Gasteiger partial charge in [0.05, 0.1) is 0 Å². The van der Waals surface area contributed by atoms with Gasteiger partial charge in [-0.25, -0.2) is 0 Å². The fraction of sp³-hybridized carbons (Fsp3) is 0.571. The number of nitrogens with two attached hydrogens (primary N) is 1. The van der Waals surface area contributed by atoms with Crippen LogP contribution in [-0.2, 0) is 14.3 Å². The van der Waals surface area contributed by atoms with Gasteiger partial charge in [0.1, 0.15) is 19.5 Å². The molecule has 3 N–H and O–H groups in total. The molecule has 0 spiro atoms. The molecule has 0 atom stereocenters. The van der Waals surface area contributed by atoms with Gasteiger partial charge in [0.2, 0.25) is 5.76 Å². The Kier molecular flexibility index (Phi) is 3.40. The molecule has 0 aromatic rings. The van der Waals surface area contributed by atoms with E-state index in [0.29, 0.717) is 26.3 Å². The quantitative estimate of drug-likeness (QED) is 0.569. The van der Waals surface area contributed by atoms with Crippen LogP contribution in [0.3, 0.4) is 0 Å². The molecule has 12 heavy (non-hydrogen) atoms. The van der Waals surface area contributed by atoms with Crippen LogP contribution in [0.5, 0.6) is 0 Å². The number of hydrogen-bond acceptors (Lipinski definition) is 4. The van der Waals surface area contributed by atoms with E-state index in [9.17, 15) is 4.79 Å². The normalized spacial score (nSPS) is 15.6. The molecule has 0 aliphatic carbocycles. The van der Waals surface area contributed by atoms with E-state index in [4.69, 9.17) is 15.2 Å². The molecule has 1 aliphatic rings. The average Bonchev–Trinajstić information content (AvgIpc) is 2.15. The second-order valence-corrected chi connectivity index (χ2v) is 2.25. The average molecular weight is 172 g/mol. The number of ether oxygens (including phenoxy) is 2. The molecular weight excluding hydrogens is 160 g/mol. The summed E-state index contributed by atoms with van der Waals surface area (Å²) in [6.07, 6.45) is 1.31. The highest BCUT2D eigenvalue weighted by Crippen LogP contribution is 2.02. The van der Waals surface area contributed by atoms with E-state index >= 15 is 0 Å². The van der Waals surface area contributed by atoms with Crippen LogP contribution in [0.1, 0.15) is 0 Å². The molecule has 68 valence electrons. The SMILES string of the molecule is NCCNC(=O)C1=COCCO1. The van der Waals surface area contributed by atoms with Crippen molar-refractivity contribution in [1.29, 1.82) is 0 Å². The van der Waals surface area contributed by atoms with Gasteiger partial charge >= 0.3 is 0 Å². The molecule has 1 aliphatic heterocycles. The summed E-state index contributed by atoms with van der Waals surface area (Å²) in [6.45, 7) is 1.77. The first-order valence-electron chi connectivity index (χ1n) is 3.77.